The average Bonchev–Trinajstić information content (AvgIpc) is 3.27. The zero-order valence-corrected chi connectivity index (χ0v) is 15.5. The molecule has 144 valence electrons. The summed E-state index contributed by atoms with van der Waals surface area (Å²) in [6.45, 7) is 2.24. The van der Waals surface area contributed by atoms with Gasteiger partial charge in [-0.05, 0) is 37.6 Å². The second kappa shape index (κ2) is 7.36. The van der Waals surface area contributed by atoms with Crippen LogP contribution in [0.25, 0.3) is 5.69 Å². The molecule has 0 saturated carbocycles. The van der Waals surface area contributed by atoms with Crippen LogP contribution in [0.3, 0.4) is 0 Å². The predicted molar refractivity (Wildman–Crippen MR) is 95.1 cm³/mol. The molecule has 0 spiro atoms. The van der Waals surface area contributed by atoms with Crippen LogP contribution in [0.1, 0.15) is 22.6 Å². The summed E-state index contributed by atoms with van der Waals surface area (Å²) in [6, 6.07) is 7.23. The first-order valence-electron chi connectivity index (χ1n) is 8.50. The van der Waals surface area contributed by atoms with Crippen LogP contribution in [0.2, 0.25) is 0 Å². The molecule has 3 rings (SSSR count). The van der Waals surface area contributed by atoms with Gasteiger partial charge in [0.2, 0.25) is 0 Å². The Morgan fingerprint density at radius 1 is 1.26 bits per heavy atom. The zero-order valence-electron chi connectivity index (χ0n) is 15.5. The molecule has 9 nitrogen and oxygen atoms in total. The number of carbonyl (C=O) groups excluding carboxylic acids is 1. The van der Waals surface area contributed by atoms with Crippen LogP contribution in [-0.4, -0.2) is 70.8 Å². The van der Waals surface area contributed by atoms with Crippen LogP contribution in [0.4, 0.5) is 0 Å². The van der Waals surface area contributed by atoms with Crippen LogP contribution in [0.15, 0.2) is 24.3 Å². The van der Waals surface area contributed by atoms with Crippen molar-refractivity contribution >= 4 is 11.9 Å². The number of hydrogen-bond acceptors (Lipinski definition) is 6. The summed E-state index contributed by atoms with van der Waals surface area (Å²) < 4.78 is 11.8. The van der Waals surface area contributed by atoms with Gasteiger partial charge >= 0.3 is 5.97 Å². The summed E-state index contributed by atoms with van der Waals surface area (Å²) in [5.41, 5.74) is 0.472. The van der Waals surface area contributed by atoms with Crippen molar-refractivity contribution in [3.05, 3.63) is 35.7 Å². The smallest absolute Gasteiger partial charge is 0.313 e. The molecule has 1 saturated heterocycles. The number of likely N-dealkylation sites (tertiary alicyclic amines) is 1. The van der Waals surface area contributed by atoms with Crippen LogP contribution in [-0.2, 0) is 9.53 Å². The van der Waals surface area contributed by atoms with Gasteiger partial charge in [0, 0.05) is 20.2 Å². The summed E-state index contributed by atoms with van der Waals surface area (Å²) in [5, 5.41) is 17.7. The monoisotopic (exact) mass is 374 g/mol. The number of rotatable bonds is 6. The van der Waals surface area contributed by atoms with Crippen molar-refractivity contribution in [3.8, 4) is 11.4 Å². The molecule has 9 heteroatoms. The van der Waals surface area contributed by atoms with Crippen molar-refractivity contribution < 1.29 is 24.2 Å². The van der Waals surface area contributed by atoms with Gasteiger partial charge < -0.3 is 19.5 Å². The lowest BCUT2D eigenvalue weighted by Crippen LogP contribution is -2.40. The summed E-state index contributed by atoms with van der Waals surface area (Å²) in [6.07, 6.45) is 0.341. The van der Waals surface area contributed by atoms with E-state index in [-0.39, 0.29) is 24.8 Å². The van der Waals surface area contributed by atoms with Crippen molar-refractivity contribution in [1.29, 1.82) is 0 Å². The number of aliphatic carboxylic acids is 1. The van der Waals surface area contributed by atoms with E-state index in [0.717, 1.165) is 5.69 Å². The molecular weight excluding hydrogens is 352 g/mol. The topological polar surface area (TPSA) is 107 Å². The zero-order chi connectivity index (χ0) is 19.6. The number of aromatic nitrogens is 3. The van der Waals surface area contributed by atoms with Crippen LogP contribution < -0.4 is 4.74 Å². The minimum atomic E-state index is -1.08. The molecule has 1 aromatic heterocycles. The Hall–Kier alpha value is -2.94. The number of amides is 1. The molecule has 1 fully saturated rings. The highest BCUT2D eigenvalue weighted by Gasteiger charge is 2.47. The lowest BCUT2D eigenvalue weighted by atomic mass is 9.88. The van der Waals surface area contributed by atoms with Crippen molar-refractivity contribution in [1.82, 2.24) is 19.9 Å². The van der Waals surface area contributed by atoms with E-state index in [4.69, 9.17) is 9.47 Å². The molecule has 1 aliphatic rings. The maximum Gasteiger partial charge on any atom is 0.313 e. The van der Waals surface area contributed by atoms with E-state index < -0.39 is 11.4 Å². The minimum absolute atomic E-state index is 0.0592. The van der Waals surface area contributed by atoms with E-state index in [1.165, 1.54) is 12.0 Å². The fourth-order valence-corrected chi connectivity index (χ4v) is 3.32. The van der Waals surface area contributed by atoms with Crippen LogP contribution in [0.5, 0.6) is 5.75 Å². The standard InChI is InChI=1S/C18H22N4O5/c1-12-15(19-20-22(12)13-4-6-14(27-3)7-5-13)16(23)21-9-8-18(10-21,11-26-2)17(24)25/h4-7H,8-11H2,1-3H3,(H,24,25). The van der Waals surface area contributed by atoms with Gasteiger partial charge in [-0.25, -0.2) is 4.68 Å². The van der Waals surface area contributed by atoms with Gasteiger partial charge in [-0.15, -0.1) is 5.10 Å². The molecule has 1 aromatic carbocycles. The van der Waals surface area contributed by atoms with Gasteiger partial charge in [0.25, 0.3) is 5.91 Å². The largest absolute Gasteiger partial charge is 0.497 e. The number of hydrogen-bond donors (Lipinski definition) is 1. The number of benzene rings is 1. The third-order valence-corrected chi connectivity index (χ3v) is 4.93. The van der Waals surface area contributed by atoms with Crippen LogP contribution in [0, 0.1) is 12.3 Å². The number of carboxylic acid groups (broad SMARTS) is 1. The molecule has 1 atom stereocenters. The number of ether oxygens (including phenoxy) is 2. The molecule has 1 aliphatic heterocycles. The first kappa shape index (κ1) is 18.8. The minimum Gasteiger partial charge on any atom is -0.497 e. The highest BCUT2D eigenvalue weighted by atomic mass is 16.5. The summed E-state index contributed by atoms with van der Waals surface area (Å²) in [5.74, 6) is -0.571. The van der Waals surface area contributed by atoms with Crippen molar-refractivity contribution in [2.75, 3.05) is 33.9 Å². The molecule has 0 radical (unpaired) electrons. The Labute approximate surface area is 156 Å². The second-order valence-electron chi connectivity index (χ2n) is 6.63. The fraction of sp³-hybridized carbons (Fsp3) is 0.444. The summed E-state index contributed by atoms with van der Waals surface area (Å²) in [7, 11) is 3.04. The van der Waals surface area contributed by atoms with Gasteiger partial charge in [-0.3, -0.25) is 9.59 Å². The van der Waals surface area contributed by atoms with E-state index in [1.54, 1.807) is 30.8 Å². The SMILES string of the molecule is COCC1(C(=O)O)CCN(C(=O)c2nnn(-c3ccc(OC)cc3)c2C)C1. The van der Waals surface area contributed by atoms with E-state index in [0.29, 0.717) is 24.4 Å². The lowest BCUT2D eigenvalue weighted by molar-refractivity contribution is -0.151. The second-order valence-corrected chi connectivity index (χ2v) is 6.63. The summed E-state index contributed by atoms with van der Waals surface area (Å²) in [4.78, 5) is 26.1. The third-order valence-electron chi connectivity index (χ3n) is 4.93. The van der Waals surface area contributed by atoms with Crippen LogP contribution >= 0.6 is 0 Å². The normalized spacial score (nSPS) is 19.3. The Kier molecular flexibility index (Phi) is 5.13. The number of methoxy groups -OCH3 is 2. The van der Waals surface area contributed by atoms with Gasteiger partial charge in [0.1, 0.15) is 11.2 Å². The van der Waals surface area contributed by atoms with Crippen molar-refractivity contribution in [2.45, 2.75) is 13.3 Å². The molecule has 1 unspecified atom stereocenters. The van der Waals surface area contributed by atoms with E-state index in [1.807, 2.05) is 12.1 Å². The highest BCUT2D eigenvalue weighted by molar-refractivity contribution is 5.94. The van der Waals surface area contributed by atoms with Gasteiger partial charge in [-0.1, -0.05) is 5.21 Å². The van der Waals surface area contributed by atoms with E-state index in [2.05, 4.69) is 10.3 Å². The Bertz CT molecular complexity index is 848. The molecule has 1 amide bonds. The molecule has 27 heavy (non-hydrogen) atoms. The average molecular weight is 374 g/mol. The molecular formula is C18H22N4O5. The molecule has 1 N–H and O–H groups in total. The maximum absolute atomic E-state index is 12.9. The summed E-state index contributed by atoms with van der Waals surface area (Å²) >= 11 is 0. The Balaban J connectivity index is 1.82. The van der Waals surface area contributed by atoms with E-state index in [9.17, 15) is 14.7 Å². The fourth-order valence-electron chi connectivity index (χ4n) is 3.32. The van der Waals surface area contributed by atoms with Gasteiger partial charge in [0.15, 0.2) is 5.69 Å². The molecule has 2 aromatic rings. The quantitative estimate of drug-likeness (QED) is 0.808. The third kappa shape index (κ3) is 3.37. The number of carboxylic acids is 1. The molecule has 0 bridgehead atoms. The predicted octanol–water partition coefficient (Wildman–Crippen LogP) is 1.15. The number of nitrogens with zero attached hydrogens (tertiary/aromatic N) is 4. The van der Waals surface area contributed by atoms with Gasteiger partial charge in [-0.2, -0.15) is 0 Å². The highest BCUT2D eigenvalue weighted by Crippen LogP contribution is 2.32. The Morgan fingerprint density at radius 2 is 1.96 bits per heavy atom. The first-order chi connectivity index (χ1) is 12.9. The van der Waals surface area contributed by atoms with Crippen molar-refractivity contribution in [3.63, 3.8) is 0 Å². The van der Waals surface area contributed by atoms with Crippen molar-refractivity contribution in [2.24, 2.45) is 5.41 Å². The molecule has 2 heterocycles. The first-order valence-corrected chi connectivity index (χ1v) is 8.50. The number of carbonyl (C=O) groups is 2. The lowest BCUT2D eigenvalue weighted by Gasteiger charge is -2.23. The van der Waals surface area contributed by atoms with Gasteiger partial charge in [0.05, 0.1) is 25.1 Å². The molecule has 0 aliphatic carbocycles. The van der Waals surface area contributed by atoms with E-state index >= 15 is 0 Å². The Morgan fingerprint density at radius 3 is 2.56 bits per heavy atom. The maximum atomic E-state index is 12.9.